The van der Waals surface area contributed by atoms with Crippen molar-refractivity contribution in [3.63, 3.8) is 0 Å². The molecule has 0 spiro atoms. The Morgan fingerprint density at radius 3 is 2.76 bits per heavy atom. The standard InChI is InChI=1S/C23H22N4O2/c1-3-29-21(28)12-11-20-17(2)25-27(16-18-8-5-4-6-9-18)23(20)26-15-13-19-10-7-14-24-22(19)26/h4-15H,3,16H2,1-2H3/b12-11+. The van der Waals surface area contributed by atoms with Crippen molar-refractivity contribution >= 4 is 23.1 Å². The van der Waals surface area contributed by atoms with Gasteiger partial charge in [-0.05, 0) is 43.7 Å². The summed E-state index contributed by atoms with van der Waals surface area (Å²) in [5, 5.41) is 5.80. The summed E-state index contributed by atoms with van der Waals surface area (Å²) in [5.74, 6) is 0.491. The van der Waals surface area contributed by atoms with Crippen molar-refractivity contribution < 1.29 is 9.53 Å². The molecule has 0 fully saturated rings. The van der Waals surface area contributed by atoms with Crippen LogP contribution in [0, 0.1) is 6.92 Å². The molecule has 6 heteroatoms. The Morgan fingerprint density at radius 2 is 1.97 bits per heavy atom. The second-order valence-electron chi connectivity index (χ2n) is 6.65. The number of hydrogen-bond acceptors (Lipinski definition) is 4. The summed E-state index contributed by atoms with van der Waals surface area (Å²) in [4.78, 5) is 16.4. The fourth-order valence-electron chi connectivity index (χ4n) is 3.38. The molecule has 3 aromatic heterocycles. The lowest BCUT2D eigenvalue weighted by atomic mass is 10.2. The number of pyridine rings is 1. The summed E-state index contributed by atoms with van der Waals surface area (Å²) in [5.41, 5.74) is 3.67. The minimum atomic E-state index is -0.371. The Hall–Kier alpha value is -3.67. The molecule has 0 aliphatic rings. The molecule has 3 heterocycles. The van der Waals surface area contributed by atoms with Gasteiger partial charge in [-0.1, -0.05) is 30.3 Å². The Morgan fingerprint density at radius 1 is 1.14 bits per heavy atom. The van der Waals surface area contributed by atoms with Crippen LogP contribution in [0.4, 0.5) is 0 Å². The smallest absolute Gasteiger partial charge is 0.330 e. The van der Waals surface area contributed by atoms with E-state index in [1.54, 1.807) is 19.2 Å². The molecule has 29 heavy (non-hydrogen) atoms. The molecule has 0 N–H and O–H groups in total. The van der Waals surface area contributed by atoms with Crippen molar-refractivity contribution in [3.8, 4) is 5.82 Å². The number of carbonyl (C=O) groups excluding carboxylic acids is 1. The molecule has 4 rings (SSSR count). The third-order valence-electron chi connectivity index (χ3n) is 4.67. The van der Waals surface area contributed by atoms with Crippen molar-refractivity contribution in [2.75, 3.05) is 6.61 Å². The van der Waals surface area contributed by atoms with Crippen molar-refractivity contribution in [2.45, 2.75) is 20.4 Å². The summed E-state index contributed by atoms with van der Waals surface area (Å²) in [6.45, 7) is 4.68. The number of aromatic nitrogens is 4. The quantitative estimate of drug-likeness (QED) is 0.369. The lowest BCUT2D eigenvalue weighted by Crippen LogP contribution is -2.09. The van der Waals surface area contributed by atoms with Gasteiger partial charge in [0.2, 0.25) is 0 Å². The second-order valence-corrected chi connectivity index (χ2v) is 6.65. The molecule has 0 saturated carbocycles. The van der Waals surface area contributed by atoms with Gasteiger partial charge in [-0.15, -0.1) is 0 Å². The van der Waals surface area contributed by atoms with Crippen molar-refractivity contribution in [1.82, 2.24) is 19.3 Å². The van der Waals surface area contributed by atoms with E-state index >= 15 is 0 Å². The van der Waals surface area contributed by atoms with Gasteiger partial charge >= 0.3 is 5.97 Å². The second kappa shape index (κ2) is 8.14. The topological polar surface area (TPSA) is 61.9 Å². The molecule has 4 aromatic rings. The number of carbonyl (C=O) groups is 1. The summed E-state index contributed by atoms with van der Waals surface area (Å²) in [7, 11) is 0. The number of nitrogens with zero attached hydrogens (tertiary/aromatic N) is 4. The molecule has 0 unspecified atom stereocenters. The molecule has 0 amide bonds. The van der Waals surface area contributed by atoms with E-state index in [-0.39, 0.29) is 5.97 Å². The Bertz CT molecular complexity index is 1170. The number of rotatable bonds is 6. The fourth-order valence-corrected chi connectivity index (χ4v) is 3.38. The van der Waals surface area contributed by atoms with Gasteiger partial charge in [0.05, 0.1) is 18.8 Å². The highest BCUT2D eigenvalue weighted by Crippen LogP contribution is 2.25. The van der Waals surface area contributed by atoms with Crippen molar-refractivity contribution in [2.24, 2.45) is 0 Å². The van der Waals surface area contributed by atoms with Crippen LogP contribution in [0.5, 0.6) is 0 Å². The van der Waals surface area contributed by atoms with E-state index in [1.165, 1.54) is 6.08 Å². The van der Waals surface area contributed by atoms with E-state index in [0.29, 0.717) is 13.2 Å². The minimum absolute atomic E-state index is 0.342. The first kappa shape index (κ1) is 18.7. The maximum atomic E-state index is 11.9. The average Bonchev–Trinajstić information content (AvgIpc) is 3.28. The third-order valence-corrected chi connectivity index (χ3v) is 4.67. The van der Waals surface area contributed by atoms with E-state index in [2.05, 4.69) is 17.1 Å². The van der Waals surface area contributed by atoms with Crippen LogP contribution in [0.1, 0.15) is 23.7 Å². The molecule has 0 bridgehead atoms. The van der Waals surface area contributed by atoms with Gasteiger partial charge < -0.3 is 4.74 Å². The van der Waals surface area contributed by atoms with Crippen LogP contribution < -0.4 is 0 Å². The number of hydrogen-bond donors (Lipinski definition) is 0. The van der Waals surface area contributed by atoms with E-state index in [0.717, 1.165) is 33.7 Å². The highest BCUT2D eigenvalue weighted by atomic mass is 16.5. The largest absolute Gasteiger partial charge is 0.463 e. The van der Waals surface area contributed by atoms with Gasteiger partial charge in [0, 0.05) is 29.4 Å². The number of aryl methyl sites for hydroxylation is 1. The number of benzene rings is 1. The van der Waals surface area contributed by atoms with Crippen LogP contribution in [0.15, 0.2) is 67.0 Å². The molecular weight excluding hydrogens is 364 g/mol. The van der Waals surface area contributed by atoms with Crippen molar-refractivity contribution in [3.05, 3.63) is 83.8 Å². The maximum absolute atomic E-state index is 11.9. The predicted octanol–water partition coefficient (Wildman–Crippen LogP) is 4.16. The van der Waals surface area contributed by atoms with Crippen molar-refractivity contribution in [1.29, 1.82) is 0 Å². The summed E-state index contributed by atoms with van der Waals surface area (Å²) in [6, 6.07) is 16.1. The molecule has 0 aliphatic heterocycles. The zero-order valence-corrected chi connectivity index (χ0v) is 16.4. The van der Waals surface area contributed by atoms with Gasteiger partial charge in [-0.3, -0.25) is 4.57 Å². The first-order valence-corrected chi connectivity index (χ1v) is 9.56. The molecule has 6 nitrogen and oxygen atoms in total. The molecule has 0 saturated heterocycles. The predicted molar refractivity (Wildman–Crippen MR) is 113 cm³/mol. The van der Waals surface area contributed by atoms with Gasteiger partial charge in [0.1, 0.15) is 11.5 Å². The monoisotopic (exact) mass is 386 g/mol. The lowest BCUT2D eigenvalue weighted by molar-refractivity contribution is -0.137. The fraction of sp³-hybridized carbons (Fsp3) is 0.174. The Kier molecular flexibility index (Phi) is 5.24. The zero-order chi connectivity index (χ0) is 20.2. The van der Waals surface area contributed by atoms with E-state index < -0.39 is 0 Å². The number of fused-ring (bicyclic) bond motifs is 1. The Labute approximate surface area is 169 Å². The van der Waals surface area contributed by atoms with Crippen LogP contribution in [0.3, 0.4) is 0 Å². The summed E-state index contributed by atoms with van der Waals surface area (Å²) < 4.78 is 9.00. The summed E-state index contributed by atoms with van der Waals surface area (Å²) >= 11 is 0. The van der Waals surface area contributed by atoms with Crippen LogP contribution in [-0.4, -0.2) is 31.9 Å². The van der Waals surface area contributed by atoms with Gasteiger partial charge in [-0.2, -0.15) is 5.10 Å². The van der Waals surface area contributed by atoms with E-state index in [9.17, 15) is 4.79 Å². The van der Waals surface area contributed by atoms with Crippen LogP contribution in [0.2, 0.25) is 0 Å². The van der Waals surface area contributed by atoms with E-state index in [4.69, 9.17) is 9.84 Å². The average molecular weight is 386 g/mol. The summed E-state index contributed by atoms with van der Waals surface area (Å²) in [6.07, 6.45) is 6.98. The normalized spacial score (nSPS) is 11.4. The van der Waals surface area contributed by atoms with E-state index in [1.807, 2.05) is 58.8 Å². The maximum Gasteiger partial charge on any atom is 0.330 e. The highest BCUT2D eigenvalue weighted by molar-refractivity contribution is 5.88. The van der Waals surface area contributed by atoms with Gasteiger partial charge in [0.25, 0.3) is 0 Å². The van der Waals surface area contributed by atoms with Crippen LogP contribution in [-0.2, 0) is 16.1 Å². The molecule has 1 aromatic carbocycles. The number of ether oxygens (including phenoxy) is 1. The first-order valence-electron chi connectivity index (χ1n) is 9.56. The van der Waals surface area contributed by atoms with Crippen LogP contribution in [0.25, 0.3) is 22.9 Å². The zero-order valence-electron chi connectivity index (χ0n) is 16.4. The molecule has 0 radical (unpaired) electrons. The number of esters is 1. The third kappa shape index (κ3) is 3.82. The lowest BCUT2D eigenvalue weighted by Gasteiger charge is -2.11. The molecule has 0 atom stereocenters. The van der Waals surface area contributed by atoms with Crippen LogP contribution >= 0.6 is 0 Å². The minimum Gasteiger partial charge on any atom is -0.463 e. The van der Waals surface area contributed by atoms with Gasteiger partial charge in [0.15, 0.2) is 0 Å². The van der Waals surface area contributed by atoms with Gasteiger partial charge in [-0.25, -0.2) is 14.5 Å². The Balaban J connectivity index is 1.86. The highest BCUT2D eigenvalue weighted by Gasteiger charge is 2.18. The first-order chi connectivity index (χ1) is 14.2. The SMILES string of the molecule is CCOC(=O)/C=C/c1c(C)nn(Cc2ccccc2)c1-n1ccc2cccnc21. The molecular formula is C23H22N4O2. The molecule has 0 aliphatic carbocycles. The molecule has 146 valence electrons.